The average Bonchev–Trinajstić information content (AvgIpc) is 3.08. The monoisotopic (exact) mass is 370 g/mol. The van der Waals surface area contributed by atoms with Gasteiger partial charge in [0.15, 0.2) is 23.2 Å². The highest BCUT2D eigenvalue weighted by molar-refractivity contribution is 5.79. The smallest absolute Gasteiger partial charge is 0.193 e. The topological polar surface area (TPSA) is 67.0 Å². The summed E-state index contributed by atoms with van der Waals surface area (Å²) in [6.45, 7) is 1.18. The number of benzene rings is 1. The maximum absolute atomic E-state index is 13.9. The summed E-state index contributed by atoms with van der Waals surface area (Å²) < 4.78 is 20.8. The molecular weight excluding hydrogens is 347 g/mol. The van der Waals surface area contributed by atoms with Crippen molar-refractivity contribution in [1.29, 1.82) is 0 Å². The number of nitrogens with one attached hydrogen (secondary N) is 1. The minimum absolute atomic E-state index is 0.240. The molecule has 0 saturated carbocycles. The van der Waals surface area contributed by atoms with E-state index in [2.05, 4.69) is 20.5 Å². The molecule has 0 aliphatic heterocycles. The Labute approximate surface area is 157 Å². The van der Waals surface area contributed by atoms with Gasteiger partial charge in [-0.05, 0) is 29.8 Å². The Morgan fingerprint density at radius 1 is 1.30 bits per heavy atom. The lowest BCUT2D eigenvalue weighted by Gasteiger charge is -2.22. The molecule has 0 fully saturated rings. The van der Waals surface area contributed by atoms with Crippen molar-refractivity contribution < 1.29 is 9.13 Å². The Balaban J connectivity index is 1.57. The molecule has 8 heteroatoms. The Kier molecular flexibility index (Phi) is 5.85. The first-order valence-electron chi connectivity index (χ1n) is 8.65. The van der Waals surface area contributed by atoms with Crippen molar-refractivity contribution in [2.24, 2.45) is 4.99 Å². The number of ether oxygens (including phenoxy) is 1. The third-order valence-electron chi connectivity index (χ3n) is 4.23. The first kappa shape index (κ1) is 18.6. The molecule has 0 saturated heterocycles. The number of fused-ring (bicyclic) bond motifs is 1. The van der Waals surface area contributed by atoms with Gasteiger partial charge in [0.2, 0.25) is 0 Å². The highest BCUT2D eigenvalue weighted by Crippen LogP contribution is 2.18. The van der Waals surface area contributed by atoms with Crippen LogP contribution in [0.25, 0.3) is 5.65 Å². The van der Waals surface area contributed by atoms with Crippen molar-refractivity contribution in [2.75, 3.05) is 27.7 Å². The molecule has 3 rings (SSSR count). The summed E-state index contributed by atoms with van der Waals surface area (Å²) >= 11 is 0. The number of hydrogen-bond acceptors (Lipinski definition) is 4. The lowest BCUT2D eigenvalue weighted by molar-refractivity contribution is 0.385. The Hall–Kier alpha value is -3.16. The maximum Gasteiger partial charge on any atom is 0.193 e. The third-order valence-corrected chi connectivity index (χ3v) is 4.23. The second kappa shape index (κ2) is 8.48. The normalized spacial score (nSPS) is 11.6. The Morgan fingerprint density at radius 2 is 2.15 bits per heavy atom. The number of rotatable bonds is 6. The van der Waals surface area contributed by atoms with Crippen LogP contribution < -0.4 is 10.1 Å². The lowest BCUT2D eigenvalue weighted by Crippen LogP contribution is -2.39. The zero-order valence-electron chi connectivity index (χ0n) is 15.7. The molecule has 0 aliphatic carbocycles. The molecule has 142 valence electrons. The molecule has 27 heavy (non-hydrogen) atoms. The summed E-state index contributed by atoms with van der Waals surface area (Å²) in [5.41, 5.74) is 1.66. The van der Waals surface area contributed by atoms with Crippen molar-refractivity contribution >= 4 is 11.6 Å². The number of guanidine groups is 1. The van der Waals surface area contributed by atoms with Gasteiger partial charge in [0.05, 0.1) is 7.11 Å². The molecule has 1 N–H and O–H groups in total. The van der Waals surface area contributed by atoms with Gasteiger partial charge in [-0.25, -0.2) is 4.39 Å². The summed E-state index contributed by atoms with van der Waals surface area (Å²) in [5, 5.41) is 11.7. The number of aliphatic imine (C=N–C) groups is 1. The van der Waals surface area contributed by atoms with Crippen LogP contribution in [0.3, 0.4) is 0 Å². The van der Waals surface area contributed by atoms with Gasteiger partial charge in [-0.15, -0.1) is 10.2 Å². The molecule has 1 aromatic carbocycles. The number of hydrogen-bond donors (Lipinski definition) is 1. The summed E-state index contributed by atoms with van der Waals surface area (Å²) in [4.78, 5) is 6.23. The summed E-state index contributed by atoms with van der Waals surface area (Å²) in [7, 11) is 5.08. The van der Waals surface area contributed by atoms with Crippen LogP contribution in [0.2, 0.25) is 0 Å². The van der Waals surface area contributed by atoms with Crippen LogP contribution >= 0.6 is 0 Å². The number of halogens is 1. The van der Waals surface area contributed by atoms with E-state index in [1.54, 1.807) is 13.1 Å². The van der Waals surface area contributed by atoms with E-state index in [0.29, 0.717) is 19.5 Å². The minimum Gasteiger partial charge on any atom is -0.494 e. The van der Waals surface area contributed by atoms with E-state index >= 15 is 0 Å². The number of pyridine rings is 1. The Morgan fingerprint density at radius 3 is 2.89 bits per heavy atom. The van der Waals surface area contributed by atoms with E-state index in [9.17, 15) is 4.39 Å². The van der Waals surface area contributed by atoms with E-state index in [-0.39, 0.29) is 11.6 Å². The standard InChI is InChI=1S/C19H23FN6O/c1-21-19(25(2)13-14-7-8-16(27-3)15(20)12-14)22-10-9-18-24-23-17-6-4-5-11-26(17)18/h4-8,11-12H,9-10,13H2,1-3H3,(H,21,22). The van der Waals surface area contributed by atoms with Gasteiger partial charge in [-0.3, -0.25) is 9.39 Å². The minimum atomic E-state index is -0.370. The van der Waals surface area contributed by atoms with Crippen molar-refractivity contribution in [3.05, 3.63) is 59.8 Å². The van der Waals surface area contributed by atoms with Gasteiger partial charge in [0, 0.05) is 39.8 Å². The van der Waals surface area contributed by atoms with E-state index < -0.39 is 0 Å². The van der Waals surface area contributed by atoms with Crippen LogP contribution in [0, 0.1) is 5.82 Å². The van der Waals surface area contributed by atoms with Gasteiger partial charge >= 0.3 is 0 Å². The molecular formula is C19H23FN6O. The van der Waals surface area contributed by atoms with Crippen LogP contribution in [-0.4, -0.2) is 53.2 Å². The van der Waals surface area contributed by atoms with Gasteiger partial charge in [-0.1, -0.05) is 12.1 Å². The average molecular weight is 370 g/mol. The van der Waals surface area contributed by atoms with E-state index in [4.69, 9.17) is 4.74 Å². The van der Waals surface area contributed by atoms with Crippen LogP contribution in [0.1, 0.15) is 11.4 Å². The molecule has 0 radical (unpaired) electrons. The predicted molar refractivity (Wildman–Crippen MR) is 102 cm³/mol. The van der Waals surface area contributed by atoms with Crippen LogP contribution in [0.4, 0.5) is 4.39 Å². The fourth-order valence-electron chi connectivity index (χ4n) is 2.89. The van der Waals surface area contributed by atoms with Crippen LogP contribution in [0.5, 0.6) is 5.75 Å². The third kappa shape index (κ3) is 4.33. The number of aromatic nitrogens is 3. The van der Waals surface area contributed by atoms with Crippen LogP contribution in [0.15, 0.2) is 47.6 Å². The number of methoxy groups -OCH3 is 1. The summed E-state index contributed by atoms with van der Waals surface area (Å²) in [5.74, 6) is 1.47. The van der Waals surface area contributed by atoms with Crippen molar-refractivity contribution in [3.8, 4) is 5.75 Å². The van der Waals surface area contributed by atoms with Crippen LogP contribution in [-0.2, 0) is 13.0 Å². The second-order valence-corrected chi connectivity index (χ2v) is 6.09. The molecule has 0 bridgehead atoms. The van der Waals surface area contributed by atoms with E-state index in [1.165, 1.54) is 13.2 Å². The second-order valence-electron chi connectivity index (χ2n) is 6.09. The largest absolute Gasteiger partial charge is 0.494 e. The molecule has 7 nitrogen and oxygen atoms in total. The molecule has 2 heterocycles. The van der Waals surface area contributed by atoms with Crippen molar-refractivity contribution in [2.45, 2.75) is 13.0 Å². The highest BCUT2D eigenvalue weighted by atomic mass is 19.1. The predicted octanol–water partition coefficient (Wildman–Crippen LogP) is 2.13. The summed E-state index contributed by atoms with van der Waals surface area (Å²) in [6.07, 6.45) is 2.65. The number of nitrogens with zero attached hydrogens (tertiary/aromatic N) is 5. The van der Waals surface area contributed by atoms with Crippen molar-refractivity contribution in [1.82, 2.24) is 24.8 Å². The van der Waals surface area contributed by atoms with Gasteiger partial charge < -0.3 is 15.0 Å². The molecule has 2 aromatic heterocycles. The Bertz CT molecular complexity index is 939. The summed E-state index contributed by atoms with van der Waals surface area (Å²) in [6, 6.07) is 10.8. The fraction of sp³-hybridized carbons (Fsp3) is 0.316. The van der Waals surface area contributed by atoms with Crippen molar-refractivity contribution in [3.63, 3.8) is 0 Å². The van der Waals surface area contributed by atoms with Gasteiger partial charge in [0.1, 0.15) is 5.82 Å². The first-order chi connectivity index (χ1) is 13.1. The zero-order valence-corrected chi connectivity index (χ0v) is 15.7. The van der Waals surface area contributed by atoms with E-state index in [1.807, 2.05) is 46.8 Å². The highest BCUT2D eigenvalue weighted by Gasteiger charge is 2.10. The SMILES string of the molecule is CN=C(NCCc1nnc2ccccn12)N(C)Cc1ccc(OC)c(F)c1. The lowest BCUT2D eigenvalue weighted by atomic mass is 10.2. The molecule has 0 spiro atoms. The molecule has 0 amide bonds. The maximum atomic E-state index is 13.9. The van der Waals surface area contributed by atoms with Gasteiger partial charge in [-0.2, -0.15) is 0 Å². The molecule has 3 aromatic rings. The first-order valence-corrected chi connectivity index (χ1v) is 8.65. The zero-order chi connectivity index (χ0) is 19.2. The molecule has 0 unspecified atom stereocenters. The van der Waals surface area contributed by atoms with E-state index in [0.717, 1.165) is 23.0 Å². The van der Waals surface area contributed by atoms with Gasteiger partial charge in [0.25, 0.3) is 0 Å². The molecule has 0 atom stereocenters. The quantitative estimate of drug-likeness (QED) is 0.532. The fourth-order valence-corrected chi connectivity index (χ4v) is 2.89. The molecule has 0 aliphatic rings.